The Morgan fingerprint density at radius 1 is 1.19 bits per heavy atom. The van der Waals surface area contributed by atoms with Crippen LogP contribution in [0.2, 0.25) is 0 Å². The summed E-state index contributed by atoms with van der Waals surface area (Å²) < 4.78 is 0. The van der Waals surface area contributed by atoms with E-state index in [-0.39, 0.29) is 16.9 Å². The van der Waals surface area contributed by atoms with Crippen LogP contribution in [0, 0.1) is 28.6 Å². The van der Waals surface area contributed by atoms with Crippen molar-refractivity contribution in [2.75, 3.05) is 0 Å². The van der Waals surface area contributed by atoms with Crippen LogP contribution in [-0.4, -0.2) is 17.0 Å². The highest BCUT2D eigenvalue weighted by Crippen LogP contribution is 2.62. The Hall–Kier alpha value is -0.890. The van der Waals surface area contributed by atoms with E-state index in [1.54, 1.807) is 0 Å². The molecule has 0 unspecified atom stereocenters. The molecule has 2 heteroatoms. The summed E-state index contributed by atoms with van der Waals surface area (Å²) in [4.78, 5) is 12.3. The van der Waals surface area contributed by atoms with E-state index in [2.05, 4.69) is 26.0 Å². The predicted molar refractivity (Wildman–Crippen MR) is 82.6 cm³/mol. The van der Waals surface area contributed by atoms with Gasteiger partial charge < -0.3 is 5.11 Å². The van der Waals surface area contributed by atoms with Crippen LogP contribution >= 0.6 is 0 Å². The Bertz CT molecular complexity index is 546. The maximum Gasteiger partial charge on any atom is 0.161 e. The molecule has 114 valence electrons. The zero-order valence-corrected chi connectivity index (χ0v) is 13.1. The number of hydrogen-bond acceptors (Lipinski definition) is 2. The van der Waals surface area contributed by atoms with E-state index >= 15 is 0 Å². The maximum atomic E-state index is 12.3. The molecule has 2 nitrogen and oxygen atoms in total. The van der Waals surface area contributed by atoms with Gasteiger partial charge >= 0.3 is 0 Å². The Morgan fingerprint density at radius 2 is 1.95 bits per heavy atom. The molecule has 21 heavy (non-hydrogen) atoms. The van der Waals surface area contributed by atoms with Crippen LogP contribution < -0.4 is 0 Å². The van der Waals surface area contributed by atoms with Crippen molar-refractivity contribution in [1.29, 1.82) is 0 Å². The summed E-state index contributed by atoms with van der Waals surface area (Å²) in [6.45, 7) is 4.60. The van der Waals surface area contributed by atoms with Crippen LogP contribution in [-0.2, 0) is 4.79 Å². The number of carbonyl (C=O) groups excluding carboxylic acids is 1. The first-order valence-electron chi connectivity index (χ1n) is 8.55. The summed E-state index contributed by atoms with van der Waals surface area (Å²) in [6.07, 6.45) is 12.6. The van der Waals surface area contributed by atoms with Gasteiger partial charge in [0.05, 0.1) is 6.10 Å². The van der Waals surface area contributed by atoms with Gasteiger partial charge in [0.1, 0.15) is 0 Å². The third kappa shape index (κ3) is 1.72. The summed E-state index contributed by atoms with van der Waals surface area (Å²) in [5.74, 6) is 2.10. The molecule has 1 N–H and O–H groups in total. The molecule has 4 rings (SSSR count). The Balaban J connectivity index is 1.71. The van der Waals surface area contributed by atoms with Gasteiger partial charge in [-0.15, -0.1) is 0 Å². The average Bonchev–Trinajstić information content (AvgIpc) is 2.76. The topological polar surface area (TPSA) is 37.3 Å². The first-order chi connectivity index (χ1) is 9.95. The Labute approximate surface area is 127 Å². The second-order valence-corrected chi connectivity index (χ2v) is 8.25. The number of ketones is 1. The smallest absolute Gasteiger partial charge is 0.161 e. The lowest BCUT2D eigenvalue weighted by Gasteiger charge is -2.56. The summed E-state index contributed by atoms with van der Waals surface area (Å²) in [5.41, 5.74) is 1.64. The molecule has 0 spiro atoms. The predicted octanol–water partition coefficient (Wildman–Crippen LogP) is 3.66. The average molecular weight is 286 g/mol. The standard InChI is InChI=1S/C19H26O2/c1-18-9-7-13(20)11-12(18)3-4-14-15-5-6-17(21)19(15,2)10-8-16(14)18/h3,5-6,13-16,20H,4,7-11H2,1-2H3/t13-,14-,15-,16-,18+,19+/m1/s1. The molecular weight excluding hydrogens is 260 g/mol. The van der Waals surface area contributed by atoms with E-state index in [1.807, 2.05) is 6.08 Å². The fourth-order valence-electron chi connectivity index (χ4n) is 5.92. The lowest BCUT2D eigenvalue weighted by atomic mass is 9.48. The van der Waals surface area contributed by atoms with Crippen molar-refractivity contribution in [2.24, 2.45) is 28.6 Å². The van der Waals surface area contributed by atoms with E-state index in [0.29, 0.717) is 23.5 Å². The van der Waals surface area contributed by atoms with Crippen LogP contribution in [0.3, 0.4) is 0 Å². The lowest BCUT2D eigenvalue weighted by Crippen LogP contribution is -2.50. The van der Waals surface area contributed by atoms with Gasteiger partial charge in [-0.2, -0.15) is 0 Å². The summed E-state index contributed by atoms with van der Waals surface area (Å²) >= 11 is 0. The quantitative estimate of drug-likeness (QED) is 0.690. The molecule has 0 aliphatic heterocycles. The SMILES string of the molecule is C[C@]12CC[C@@H](O)CC1=CC[C@H]1[C@H]2CC[C@]2(C)C(=O)C=C[C@H]12. The van der Waals surface area contributed by atoms with E-state index < -0.39 is 0 Å². The molecule has 0 bridgehead atoms. The molecule has 0 heterocycles. The monoisotopic (exact) mass is 286 g/mol. The first-order valence-corrected chi connectivity index (χ1v) is 8.55. The van der Waals surface area contributed by atoms with Crippen LogP contribution in [0.1, 0.15) is 52.4 Å². The van der Waals surface area contributed by atoms with Crippen molar-refractivity contribution >= 4 is 5.78 Å². The highest BCUT2D eigenvalue weighted by Gasteiger charge is 2.57. The van der Waals surface area contributed by atoms with Crippen molar-refractivity contribution in [2.45, 2.75) is 58.5 Å². The molecule has 0 amide bonds. The van der Waals surface area contributed by atoms with Crippen molar-refractivity contribution < 1.29 is 9.90 Å². The highest BCUT2D eigenvalue weighted by atomic mass is 16.3. The number of fused-ring (bicyclic) bond motifs is 5. The summed E-state index contributed by atoms with van der Waals surface area (Å²) in [7, 11) is 0. The van der Waals surface area contributed by atoms with Crippen LogP contribution in [0.25, 0.3) is 0 Å². The van der Waals surface area contributed by atoms with Crippen LogP contribution in [0.5, 0.6) is 0 Å². The van der Waals surface area contributed by atoms with Crippen molar-refractivity contribution in [3.05, 3.63) is 23.8 Å². The molecule has 0 aromatic carbocycles. The van der Waals surface area contributed by atoms with Crippen molar-refractivity contribution in [1.82, 2.24) is 0 Å². The zero-order chi connectivity index (χ0) is 14.8. The van der Waals surface area contributed by atoms with Gasteiger partial charge in [0.25, 0.3) is 0 Å². The van der Waals surface area contributed by atoms with Crippen LogP contribution in [0.4, 0.5) is 0 Å². The normalized spacial score (nSPS) is 52.0. The fourth-order valence-corrected chi connectivity index (χ4v) is 5.92. The van der Waals surface area contributed by atoms with Gasteiger partial charge in [0.15, 0.2) is 5.78 Å². The van der Waals surface area contributed by atoms with Crippen molar-refractivity contribution in [3.8, 4) is 0 Å². The molecule has 0 aromatic rings. The number of aliphatic hydroxyl groups excluding tert-OH is 1. The van der Waals surface area contributed by atoms with E-state index in [4.69, 9.17) is 0 Å². The highest BCUT2D eigenvalue weighted by molar-refractivity contribution is 5.97. The van der Waals surface area contributed by atoms with Gasteiger partial charge in [-0.1, -0.05) is 31.6 Å². The van der Waals surface area contributed by atoms with Gasteiger partial charge in [-0.05, 0) is 67.8 Å². The molecule has 2 saturated carbocycles. The number of carbonyl (C=O) groups is 1. The Kier molecular flexibility index (Phi) is 2.83. The second kappa shape index (κ2) is 4.32. The molecule has 0 radical (unpaired) electrons. The van der Waals surface area contributed by atoms with Gasteiger partial charge in [0, 0.05) is 5.41 Å². The Morgan fingerprint density at radius 3 is 2.76 bits per heavy atom. The van der Waals surface area contributed by atoms with Crippen molar-refractivity contribution in [3.63, 3.8) is 0 Å². The number of hydrogen-bond donors (Lipinski definition) is 1. The molecule has 4 aliphatic carbocycles. The minimum Gasteiger partial charge on any atom is -0.393 e. The summed E-state index contributed by atoms with van der Waals surface area (Å²) in [6, 6.07) is 0. The largest absolute Gasteiger partial charge is 0.393 e. The minimum atomic E-state index is -0.136. The van der Waals surface area contributed by atoms with Gasteiger partial charge in [0.2, 0.25) is 0 Å². The molecule has 0 aromatic heterocycles. The number of aliphatic hydroxyl groups is 1. The maximum absolute atomic E-state index is 12.3. The van der Waals surface area contributed by atoms with E-state index in [1.165, 1.54) is 12.0 Å². The summed E-state index contributed by atoms with van der Waals surface area (Å²) in [5, 5.41) is 9.99. The number of rotatable bonds is 0. The molecule has 2 fully saturated rings. The minimum absolute atomic E-state index is 0.128. The van der Waals surface area contributed by atoms with E-state index in [9.17, 15) is 9.90 Å². The van der Waals surface area contributed by atoms with Gasteiger partial charge in [-0.3, -0.25) is 4.79 Å². The second-order valence-electron chi connectivity index (χ2n) is 8.25. The third-order valence-corrected chi connectivity index (χ3v) is 7.35. The lowest BCUT2D eigenvalue weighted by molar-refractivity contribution is -0.129. The molecular formula is C19H26O2. The third-order valence-electron chi connectivity index (χ3n) is 7.35. The first kappa shape index (κ1) is 13.8. The molecule has 0 saturated heterocycles. The molecule has 6 atom stereocenters. The fraction of sp³-hybridized carbons (Fsp3) is 0.737. The molecule has 4 aliphatic rings. The van der Waals surface area contributed by atoms with Crippen LogP contribution in [0.15, 0.2) is 23.8 Å². The van der Waals surface area contributed by atoms with Gasteiger partial charge in [-0.25, -0.2) is 0 Å². The zero-order valence-electron chi connectivity index (χ0n) is 13.1. The van der Waals surface area contributed by atoms with E-state index in [0.717, 1.165) is 32.1 Å². The number of allylic oxidation sites excluding steroid dienone is 3.